The van der Waals surface area contributed by atoms with Gasteiger partial charge in [-0.05, 0) is 12.0 Å². The van der Waals surface area contributed by atoms with Gasteiger partial charge < -0.3 is 0 Å². The Kier molecular flexibility index (Phi) is 7.56. The number of carbonyl (C=O) groups excluding carboxylic acids is 1. The molecular weight excluding hydrogens is 236 g/mol. The van der Waals surface area contributed by atoms with E-state index in [2.05, 4.69) is 36.5 Å². The zero-order chi connectivity index (χ0) is 13.9. The minimum Gasteiger partial charge on any atom is -0.273 e. The van der Waals surface area contributed by atoms with Crippen molar-refractivity contribution in [1.29, 1.82) is 0 Å². The third-order valence-electron chi connectivity index (χ3n) is 3.07. The molecule has 104 valence electrons. The highest BCUT2D eigenvalue weighted by molar-refractivity contribution is 5.77. The van der Waals surface area contributed by atoms with E-state index in [1.54, 1.807) is 6.21 Å². The Labute approximate surface area is 116 Å². The van der Waals surface area contributed by atoms with Crippen molar-refractivity contribution in [2.24, 2.45) is 5.10 Å². The average molecular weight is 260 g/mol. The molecule has 0 aliphatic rings. The molecule has 1 atom stereocenters. The molecule has 1 aromatic carbocycles. The summed E-state index contributed by atoms with van der Waals surface area (Å²) in [7, 11) is 0. The van der Waals surface area contributed by atoms with Gasteiger partial charge in [-0.2, -0.15) is 5.10 Å². The number of nitrogens with one attached hydrogen (secondary N) is 1. The Morgan fingerprint density at radius 1 is 1.26 bits per heavy atom. The van der Waals surface area contributed by atoms with E-state index in [9.17, 15) is 4.79 Å². The van der Waals surface area contributed by atoms with Crippen LogP contribution >= 0.6 is 0 Å². The van der Waals surface area contributed by atoms with Gasteiger partial charge in [0.1, 0.15) is 0 Å². The summed E-state index contributed by atoms with van der Waals surface area (Å²) in [5.74, 6) is 0.217. The molecule has 0 radical (unpaired) electrons. The summed E-state index contributed by atoms with van der Waals surface area (Å²) in [6.07, 6.45) is 6.80. The molecule has 3 heteroatoms. The molecule has 0 bridgehead atoms. The second kappa shape index (κ2) is 9.31. The SMILES string of the molecule is CCCCCCC(=O)NN=CC(C)c1ccccc1. The van der Waals surface area contributed by atoms with Crippen LogP contribution in [0.4, 0.5) is 0 Å². The summed E-state index contributed by atoms with van der Waals surface area (Å²) in [5.41, 5.74) is 3.79. The van der Waals surface area contributed by atoms with Gasteiger partial charge in [-0.1, -0.05) is 63.4 Å². The fourth-order valence-electron chi connectivity index (χ4n) is 1.83. The maximum absolute atomic E-state index is 11.5. The lowest BCUT2D eigenvalue weighted by Crippen LogP contribution is -2.17. The van der Waals surface area contributed by atoms with Gasteiger partial charge in [0, 0.05) is 18.6 Å². The highest BCUT2D eigenvalue weighted by atomic mass is 16.2. The van der Waals surface area contributed by atoms with E-state index in [1.807, 2.05) is 18.2 Å². The lowest BCUT2D eigenvalue weighted by atomic mass is 10.0. The molecule has 0 fully saturated rings. The average Bonchev–Trinajstić information content (AvgIpc) is 2.44. The summed E-state index contributed by atoms with van der Waals surface area (Å²) >= 11 is 0. The molecule has 0 saturated heterocycles. The van der Waals surface area contributed by atoms with E-state index in [4.69, 9.17) is 0 Å². The highest BCUT2D eigenvalue weighted by Crippen LogP contribution is 2.11. The van der Waals surface area contributed by atoms with Crippen molar-refractivity contribution in [3.05, 3.63) is 35.9 Å². The molecule has 1 rings (SSSR count). The van der Waals surface area contributed by atoms with Crippen molar-refractivity contribution in [2.75, 3.05) is 0 Å². The Hall–Kier alpha value is -1.64. The Morgan fingerprint density at radius 2 is 2.00 bits per heavy atom. The fourth-order valence-corrected chi connectivity index (χ4v) is 1.83. The Bertz CT molecular complexity index is 387. The van der Waals surface area contributed by atoms with Crippen molar-refractivity contribution in [3.63, 3.8) is 0 Å². The normalized spacial score (nSPS) is 12.5. The predicted molar refractivity (Wildman–Crippen MR) is 80.3 cm³/mol. The summed E-state index contributed by atoms with van der Waals surface area (Å²) in [6, 6.07) is 10.1. The number of rotatable bonds is 8. The third kappa shape index (κ3) is 6.75. The van der Waals surface area contributed by atoms with Crippen molar-refractivity contribution >= 4 is 12.1 Å². The number of hydrazone groups is 1. The van der Waals surface area contributed by atoms with E-state index in [0.717, 1.165) is 12.8 Å². The Balaban J connectivity index is 2.24. The van der Waals surface area contributed by atoms with Crippen molar-refractivity contribution in [2.45, 2.75) is 51.9 Å². The van der Waals surface area contributed by atoms with Crippen molar-refractivity contribution < 1.29 is 4.79 Å². The molecule has 0 aromatic heterocycles. The first-order valence-corrected chi connectivity index (χ1v) is 7.11. The minimum absolute atomic E-state index is 0.00705. The summed E-state index contributed by atoms with van der Waals surface area (Å²) < 4.78 is 0. The first-order chi connectivity index (χ1) is 9.24. The number of unbranched alkanes of at least 4 members (excludes halogenated alkanes) is 3. The summed E-state index contributed by atoms with van der Waals surface area (Å²) in [4.78, 5) is 11.5. The van der Waals surface area contributed by atoms with E-state index in [1.165, 1.54) is 18.4 Å². The Morgan fingerprint density at radius 3 is 2.68 bits per heavy atom. The van der Waals surface area contributed by atoms with Gasteiger partial charge in [0.05, 0.1) is 0 Å². The molecule has 0 heterocycles. The summed E-state index contributed by atoms with van der Waals surface area (Å²) in [6.45, 7) is 4.22. The topological polar surface area (TPSA) is 41.5 Å². The van der Waals surface area contributed by atoms with Crippen LogP contribution in [-0.2, 0) is 4.79 Å². The van der Waals surface area contributed by atoms with E-state index >= 15 is 0 Å². The number of nitrogens with zero attached hydrogens (tertiary/aromatic N) is 1. The molecule has 0 spiro atoms. The van der Waals surface area contributed by atoms with Crippen LogP contribution < -0.4 is 5.43 Å². The standard InChI is InChI=1S/C16H24N2O/c1-3-4-5-9-12-16(19)18-17-13-14(2)15-10-7-6-8-11-15/h6-8,10-11,13-14H,3-5,9,12H2,1-2H3,(H,18,19). The van der Waals surface area contributed by atoms with Crippen LogP contribution in [-0.4, -0.2) is 12.1 Å². The molecule has 0 aliphatic heterocycles. The predicted octanol–water partition coefficient (Wildman–Crippen LogP) is 3.86. The second-order valence-electron chi connectivity index (χ2n) is 4.82. The number of amides is 1. The zero-order valence-corrected chi connectivity index (χ0v) is 11.9. The van der Waals surface area contributed by atoms with Crippen LogP contribution in [0.5, 0.6) is 0 Å². The van der Waals surface area contributed by atoms with Crippen LogP contribution in [0, 0.1) is 0 Å². The van der Waals surface area contributed by atoms with Gasteiger partial charge in [0.2, 0.25) is 5.91 Å². The van der Waals surface area contributed by atoms with Crippen molar-refractivity contribution in [1.82, 2.24) is 5.43 Å². The largest absolute Gasteiger partial charge is 0.273 e. The van der Waals surface area contributed by atoms with E-state index < -0.39 is 0 Å². The third-order valence-corrected chi connectivity index (χ3v) is 3.07. The van der Waals surface area contributed by atoms with Crippen LogP contribution in [0.2, 0.25) is 0 Å². The zero-order valence-electron chi connectivity index (χ0n) is 11.9. The lowest BCUT2D eigenvalue weighted by molar-refractivity contribution is -0.121. The molecular formula is C16H24N2O. The van der Waals surface area contributed by atoms with Gasteiger partial charge in [-0.3, -0.25) is 4.79 Å². The number of carbonyl (C=O) groups is 1. The van der Waals surface area contributed by atoms with E-state index in [-0.39, 0.29) is 11.8 Å². The molecule has 1 unspecified atom stereocenters. The fraction of sp³-hybridized carbons (Fsp3) is 0.500. The van der Waals surface area contributed by atoms with Gasteiger partial charge in [-0.25, -0.2) is 5.43 Å². The quantitative estimate of drug-likeness (QED) is 0.430. The first-order valence-electron chi connectivity index (χ1n) is 7.11. The molecule has 1 aromatic rings. The second-order valence-corrected chi connectivity index (χ2v) is 4.82. The molecule has 3 nitrogen and oxygen atoms in total. The summed E-state index contributed by atoms with van der Waals surface area (Å²) in [5, 5.41) is 4.02. The number of hydrogen-bond acceptors (Lipinski definition) is 2. The van der Waals surface area contributed by atoms with Gasteiger partial charge in [-0.15, -0.1) is 0 Å². The lowest BCUT2D eigenvalue weighted by Gasteiger charge is -2.05. The van der Waals surface area contributed by atoms with Crippen LogP contribution in [0.3, 0.4) is 0 Å². The molecule has 19 heavy (non-hydrogen) atoms. The highest BCUT2D eigenvalue weighted by Gasteiger charge is 2.02. The molecule has 0 saturated carbocycles. The molecule has 1 N–H and O–H groups in total. The number of hydrogen-bond donors (Lipinski definition) is 1. The van der Waals surface area contributed by atoms with Crippen LogP contribution in [0.25, 0.3) is 0 Å². The monoisotopic (exact) mass is 260 g/mol. The minimum atomic E-state index is 0.00705. The van der Waals surface area contributed by atoms with Gasteiger partial charge in [0.15, 0.2) is 0 Å². The van der Waals surface area contributed by atoms with E-state index in [0.29, 0.717) is 6.42 Å². The van der Waals surface area contributed by atoms with Crippen LogP contribution in [0.1, 0.15) is 57.4 Å². The molecule has 0 aliphatic carbocycles. The molecule has 1 amide bonds. The van der Waals surface area contributed by atoms with Crippen molar-refractivity contribution in [3.8, 4) is 0 Å². The first kappa shape index (κ1) is 15.4. The smallest absolute Gasteiger partial charge is 0.240 e. The van der Waals surface area contributed by atoms with Gasteiger partial charge >= 0.3 is 0 Å². The van der Waals surface area contributed by atoms with Gasteiger partial charge in [0.25, 0.3) is 0 Å². The number of benzene rings is 1. The maximum Gasteiger partial charge on any atom is 0.240 e. The maximum atomic E-state index is 11.5. The van der Waals surface area contributed by atoms with Crippen LogP contribution in [0.15, 0.2) is 35.4 Å².